The number of hydrogen-bond donors (Lipinski definition) is 1. The highest BCUT2D eigenvalue weighted by molar-refractivity contribution is 7.91. The predicted molar refractivity (Wildman–Crippen MR) is 86.0 cm³/mol. The molecule has 1 saturated carbocycles. The van der Waals surface area contributed by atoms with Crippen molar-refractivity contribution in [1.29, 1.82) is 0 Å². The fraction of sp³-hybridized carbons (Fsp3) is 0.733. The van der Waals surface area contributed by atoms with Crippen LogP contribution in [0.5, 0.6) is 0 Å². The van der Waals surface area contributed by atoms with Crippen LogP contribution in [0.15, 0.2) is 15.7 Å². The van der Waals surface area contributed by atoms with Gasteiger partial charge in [-0.15, -0.1) is 11.3 Å². The van der Waals surface area contributed by atoms with E-state index in [4.69, 9.17) is 0 Å². The molecule has 1 unspecified atom stereocenters. The van der Waals surface area contributed by atoms with E-state index in [2.05, 4.69) is 12.2 Å². The lowest BCUT2D eigenvalue weighted by Crippen LogP contribution is -2.39. The van der Waals surface area contributed by atoms with Crippen LogP contribution in [-0.4, -0.2) is 31.9 Å². The van der Waals surface area contributed by atoms with Gasteiger partial charge in [-0.1, -0.05) is 13.3 Å². The Morgan fingerprint density at radius 3 is 2.90 bits per heavy atom. The van der Waals surface area contributed by atoms with Crippen LogP contribution in [0, 0.1) is 5.92 Å². The Labute approximate surface area is 131 Å². The molecule has 118 valence electrons. The maximum Gasteiger partial charge on any atom is 0.252 e. The number of nitrogens with one attached hydrogen (secondary N) is 1. The van der Waals surface area contributed by atoms with E-state index in [1.807, 2.05) is 11.4 Å². The average molecular weight is 329 g/mol. The van der Waals surface area contributed by atoms with E-state index >= 15 is 0 Å². The monoisotopic (exact) mass is 328 g/mol. The van der Waals surface area contributed by atoms with Gasteiger partial charge >= 0.3 is 0 Å². The molecule has 0 radical (unpaired) electrons. The summed E-state index contributed by atoms with van der Waals surface area (Å²) in [7, 11) is -3.28. The predicted octanol–water partition coefficient (Wildman–Crippen LogP) is 2.81. The van der Waals surface area contributed by atoms with Gasteiger partial charge in [0.05, 0.1) is 0 Å². The van der Waals surface area contributed by atoms with E-state index in [-0.39, 0.29) is 0 Å². The summed E-state index contributed by atoms with van der Waals surface area (Å²) in [6.07, 6.45) is 5.71. The standard InChI is InChI=1S/C15H24N2O2S2/c1-2-12-4-3-7-17(10-12)21(18,19)15-8-13(11-20-15)9-16-14-5-6-14/h8,11-12,14,16H,2-7,9-10H2,1H3. The van der Waals surface area contributed by atoms with Crippen molar-refractivity contribution >= 4 is 21.4 Å². The molecule has 3 rings (SSSR count). The van der Waals surface area contributed by atoms with Crippen LogP contribution >= 0.6 is 11.3 Å². The second-order valence-corrected chi connectivity index (χ2v) is 9.28. The van der Waals surface area contributed by atoms with Gasteiger partial charge < -0.3 is 5.32 Å². The molecule has 2 heterocycles. The van der Waals surface area contributed by atoms with Gasteiger partial charge in [-0.05, 0) is 48.6 Å². The molecule has 1 saturated heterocycles. The van der Waals surface area contributed by atoms with Crippen LogP contribution in [0.3, 0.4) is 0 Å². The average Bonchev–Trinajstić information content (AvgIpc) is 3.21. The lowest BCUT2D eigenvalue weighted by atomic mass is 9.97. The summed E-state index contributed by atoms with van der Waals surface area (Å²) in [6, 6.07) is 2.50. The van der Waals surface area contributed by atoms with Crippen molar-refractivity contribution in [2.75, 3.05) is 13.1 Å². The highest BCUT2D eigenvalue weighted by Crippen LogP contribution is 2.29. The Morgan fingerprint density at radius 2 is 2.19 bits per heavy atom. The summed E-state index contributed by atoms with van der Waals surface area (Å²) in [5.41, 5.74) is 1.09. The number of sulfonamides is 1. The molecule has 1 aromatic heterocycles. The van der Waals surface area contributed by atoms with Gasteiger partial charge in [-0.25, -0.2) is 8.42 Å². The van der Waals surface area contributed by atoms with Crippen molar-refractivity contribution < 1.29 is 8.42 Å². The Bertz CT molecular complexity index is 578. The van der Waals surface area contributed by atoms with E-state index in [0.29, 0.717) is 29.3 Å². The normalized spacial score (nSPS) is 24.3. The molecule has 21 heavy (non-hydrogen) atoms. The van der Waals surface area contributed by atoms with Gasteiger partial charge in [0.15, 0.2) is 0 Å². The molecule has 4 nitrogen and oxygen atoms in total. The first-order chi connectivity index (χ1) is 10.1. The molecule has 0 amide bonds. The van der Waals surface area contributed by atoms with E-state index in [1.54, 1.807) is 4.31 Å². The minimum Gasteiger partial charge on any atom is -0.310 e. The van der Waals surface area contributed by atoms with Crippen molar-refractivity contribution in [3.05, 3.63) is 17.0 Å². The second-order valence-electron chi connectivity index (χ2n) is 6.21. The van der Waals surface area contributed by atoms with Gasteiger partial charge in [-0.3, -0.25) is 0 Å². The third kappa shape index (κ3) is 3.67. The maximum atomic E-state index is 12.7. The van der Waals surface area contributed by atoms with Gasteiger partial charge in [0, 0.05) is 25.7 Å². The van der Waals surface area contributed by atoms with E-state index in [9.17, 15) is 8.42 Å². The summed E-state index contributed by atoms with van der Waals surface area (Å²) in [5.74, 6) is 0.518. The number of piperidine rings is 1. The van der Waals surface area contributed by atoms with Crippen molar-refractivity contribution in [3.8, 4) is 0 Å². The zero-order valence-electron chi connectivity index (χ0n) is 12.5. The number of nitrogens with zero attached hydrogens (tertiary/aromatic N) is 1. The molecular weight excluding hydrogens is 304 g/mol. The zero-order chi connectivity index (χ0) is 14.9. The van der Waals surface area contributed by atoms with E-state index in [0.717, 1.165) is 31.4 Å². The van der Waals surface area contributed by atoms with Gasteiger partial charge in [-0.2, -0.15) is 4.31 Å². The first-order valence-corrected chi connectivity index (χ1v) is 10.2. The molecule has 2 aliphatic rings. The maximum absolute atomic E-state index is 12.7. The lowest BCUT2D eigenvalue weighted by Gasteiger charge is -2.30. The molecule has 1 aliphatic carbocycles. The van der Waals surface area contributed by atoms with Gasteiger partial charge in [0.25, 0.3) is 10.0 Å². The van der Waals surface area contributed by atoms with Crippen molar-refractivity contribution in [2.24, 2.45) is 5.92 Å². The molecular formula is C15H24N2O2S2. The molecule has 0 aromatic carbocycles. The summed E-state index contributed by atoms with van der Waals surface area (Å²) in [6.45, 7) is 4.29. The second kappa shape index (κ2) is 6.36. The van der Waals surface area contributed by atoms with Crippen LogP contribution < -0.4 is 5.32 Å². The zero-order valence-corrected chi connectivity index (χ0v) is 14.2. The number of hydrogen-bond acceptors (Lipinski definition) is 4. The Morgan fingerprint density at radius 1 is 1.38 bits per heavy atom. The first kappa shape index (κ1) is 15.5. The molecule has 0 spiro atoms. The molecule has 0 bridgehead atoms. The summed E-state index contributed by atoms with van der Waals surface area (Å²) in [4.78, 5) is 0. The molecule has 1 aliphatic heterocycles. The van der Waals surface area contributed by atoms with Gasteiger partial charge in [0.1, 0.15) is 4.21 Å². The molecule has 2 fully saturated rings. The van der Waals surface area contributed by atoms with Crippen molar-refractivity contribution in [2.45, 2.75) is 55.8 Å². The fourth-order valence-electron chi connectivity index (χ4n) is 2.84. The molecule has 1 atom stereocenters. The quantitative estimate of drug-likeness (QED) is 0.873. The number of rotatable bonds is 6. The fourth-order valence-corrected chi connectivity index (χ4v) is 5.75. The van der Waals surface area contributed by atoms with Crippen molar-refractivity contribution in [3.63, 3.8) is 0 Å². The summed E-state index contributed by atoms with van der Waals surface area (Å²) < 4.78 is 27.7. The topological polar surface area (TPSA) is 49.4 Å². The third-order valence-corrected chi connectivity index (χ3v) is 7.78. The molecule has 6 heteroatoms. The van der Waals surface area contributed by atoms with Crippen LogP contribution in [0.4, 0.5) is 0 Å². The van der Waals surface area contributed by atoms with Crippen LogP contribution in [0.2, 0.25) is 0 Å². The van der Waals surface area contributed by atoms with Crippen LogP contribution in [0.1, 0.15) is 44.6 Å². The summed E-state index contributed by atoms with van der Waals surface area (Å²) >= 11 is 1.36. The molecule has 1 aromatic rings. The minimum atomic E-state index is -3.28. The molecule has 1 N–H and O–H groups in total. The van der Waals surface area contributed by atoms with E-state index in [1.165, 1.54) is 24.2 Å². The van der Waals surface area contributed by atoms with Crippen molar-refractivity contribution in [1.82, 2.24) is 9.62 Å². The largest absolute Gasteiger partial charge is 0.310 e. The van der Waals surface area contributed by atoms with Crippen LogP contribution in [-0.2, 0) is 16.6 Å². The number of thiophene rings is 1. The Kier molecular flexibility index (Phi) is 4.69. The third-order valence-electron chi connectivity index (χ3n) is 4.46. The highest BCUT2D eigenvalue weighted by atomic mass is 32.2. The van der Waals surface area contributed by atoms with Crippen LogP contribution in [0.25, 0.3) is 0 Å². The Balaban J connectivity index is 1.68. The smallest absolute Gasteiger partial charge is 0.252 e. The SMILES string of the molecule is CCC1CCCN(S(=O)(=O)c2cc(CNC3CC3)cs2)C1. The van der Waals surface area contributed by atoms with E-state index < -0.39 is 10.0 Å². The summed E-state index contributed by atoms with van der Waals surface area (Å²) in [5, 5.41) is 5.41. The first-order valence-electron chi connectivity index (χ1n) is 7.90. The van der Waals surface area contributed by atoms with Gasteiger partial charge in [0.2, 0.25) is 0 Å². The highest BCUT2D eigenvalue weighted by Gasteiger charge is 2.30. The Hall–Kier alpha value is -0.430. The minimum absolute atomic E-state index is 0.506. The lowest BCUT2D eigenvalue weighted by molar-refractivity contribution is 0.262.